The van der Waals surface area contributed by atoms with Crippen LogP contribution in [0.3, 0.4) is 0 Å². The molecule has 1 amide bonds. The van der Waals surface area contributed by atoms with Gasteiger partial charge in [-0.1, -0.05) is 59.6 Å². The largest absolute Gasteiger partial charge is 0.322 e. The molecule has 3 aromatic rings. The highest BCUT2D eigenvalue weighted by atomic mass is 35.5. The van der Waals surface area contributed by atoms with Crippen molar-refractivity contribution in [2.45, 2.75) is 5.92 Å². The summed E-state index contributed by atoms with van der Waals surface area (Å²) in [5.41, 5.74) is 1.54. The molecule has 0 bridgehead atoms. The van der Waals surface area contributed by atoms with Crippen LogP contribution in [0.15, 0.2) is 66.7 Å². The Morgan fingerprint density at radius 1 is 1.03 bits per heavy atom. The van der Waals surface area contributed by atoms with E-state index in [1.807, 2.05) is 30.3 Å². The zero-order chi connectivity index (χ0) is 21.0. The number of amides is 1. The lowest BCUT2D eigenvalue weighted by molar-refractivity contribution is -0.384. The third-order valence-corrected chi connectivity index (χ3v) is 4.88. The molecule has 0 radical (unpaired) electrons. The Hall–Kier alpha value is -3.40. The molecular formula is C21H13Cl2N3O3. The normalized spacial score (nSPS) is 11.3. The van der Waals surface area contributed by atoms with Crippen LogP contribution in [-0.4, -0.2) is 10.8 Å². The first-order chi connectivity index (χ1) is 13.9. The second-order valence-electron chi connectivity index (χ2n) is 6.09. The first-order valence-electron chi connectivity index (χ1n) is 8.40. The molecule has 29 heavy (non-hydrogen) atoms. The van der Waals surface area contributed by atoms with E-state index >= 15 is 0 Å². The third-order valence-electron chi connectivity index (χ3n) is 4.24. The van der Waals surface area contributed by atoms with Gasteiger partial charge in [0.1, 0.15) is 5.02 Å². The van der Waals surface area contributed by atoms with Crippen LogP contribution in [0.5, 0.6) is 0 Å². The Morgan fingerprint density at radius 2 is 1.76 bits per heavy atom. The SMILES string of the molecule is N#CC(c1ccccc1)c1ccc(NC(=O)c2ccc(Cl)c([N+](=O)[O-])c2)cc1Cl. The fraction of sp³-hybridized carbons (Fsp3) is 0.0476. The van der Waals surface area contributed by atoms with Crippen LogP contribution in [0.4, 0.5) is 11.4 Å². The standard InChI is InChI=1S/C21H13Cl2N3O3/c22-18-9-6-14(10-20(18)26(28)29)21(27)25-15-7-8-16(19(23)11-15)17(12-24)13-4-2-1-3-5-13/h1-11,17H,(H,25,27). The number of hydrogen-bond acceptors (Lipinski definition) is 4. The van der Waals surface area contributed by atoms with Gasteiger partial charge in [-0.2, -0.15) is 5.26 Å². The highest BCUT2D eigenvalue weighted by Crippen LogP contribution is 2.32. The number of benzene rings is 3. The lowest BCUT2D eigenvalue weighted by Crippen LogP contribution is -2.12. The average Bonchev–Trinajstić information content (AvgIpc) is 2.71. The molecule has 0 aliphatic heterocycles. The summed E-state index contributed by atoms with van der Waals surface area (Å²) in [4.78, 5) is 22.8. The molecule has 3 rings (SSSR count). The maximum absolute atomic E-state index is 12.4. The van der Waals surface area contributed by atoms with Crippen LogP contribution in [0.2, 0.25) is 10.0 Å². The van der Waals surface area contributed by atoms with E-state index in [1.54, 1.807) is 12.1 Å². The van der Waals surface area contributed by atoms with Crippen LogP contribution in [0.25, 0.3) is 0 Å². The zero-order valence-corrected chi connectivity index (χ0v) is 16.3. The number of rotatable bonds is 5. The van der Waals surface area contributed by atoms with Crippen molar-refractivity contribution in [3.8, 4) is 6.07 Å². The van der Waals surface area contributed by atoms with E-state index in [-0.39, 0.29) is 16.3 Å². The van der Waals surface area contributed by atoms with E-state index in [2.05, 4.69) is 11.4 Å². The number of anilines is 1. The van der Waals surface area contributed by atoms with Crippen molar-refractivity contribution in [3.05, 3.63) is 104 Å². The van der Waals surface area contributed by atoms with Gasteiger partial charge in [0.2, 0.25) is 0 Å². The fourth-order valence-electron chi connectivity index (χ4n) is 2.81. The number of nitro groups is 1. The topological polar surface area (TPSA) is 96.0 Å². The minimum atomic E-state index is -0.656. The molecule has 3 aromatic carbocycles. The second kappa shape index (κ2) is 8.74. The summed E-state index contributed by atoms with van der Waals surface area (Å²) in [6.45, 7) is 0. The molecule has 1 atom stereocenters. The first-order valence-corrected chi connectivity index (χ1v) is 9.15. The molecule has 0 aliphatic carbocycles. The van der Waals surface area contributed by atoms with Gasteiger partial charge >= 0.3 is 0 Å². The van der Waals surface area contributed by atoms with Crippen molar-refractivity contribution in [2.24, 2.45) is 0 Å². The van der Waals surface area contributed by atoms with Gasteiger partial charge < -0.3 is 5.32 Å². The summed E-state index contributed by atoms with van der Waals surface area (Å²) in [5.74, 6) is -1.10. The van der Waals surface area contributed by atoms with Gasteiger partial charge in [-0.3, -0.25) is 14.9 Å². The maximum Gasteiger partial charge on any atom is 0.288 e. The molecule has 0 fully saturated rings. The molecule has 0 aliphatic rings. The first kappa shape index (κ1) is 20.3. The Morgan fingerprint density at radius 3 is 2.38 bits per heavy atom. The smallest absolute Gasteiger partial charge is 0.288 e. The summed E-state index contributed by atoms with van der Waals surface area (Å²) >= 11 is 12.1. The number of halogens is 2. The number of nitro benzene ring substituents is 1. The summed E-state index contributed by atoms with van der Waals surface area (Å²) < 4.78 is 0. The lowest BCUT2D eigenvalue weighted by Gasteiger charge is -2.13. The zero-order valence-electron chi connectivity index (χ0n) is 14.8. The van der Waals surface area contributed by atoms with Gasteiger partial charge in [0.05, 0.1) is 16.9 Å². The molecule has 144 valence electrons. The van der Waals surface area contributed by atoms with Crippen LogP contribution in [-0.2, 0) is 0 Å². The number of nitrogens with zero attached hydrogens (tertiary/aromatic N) is 2. The number of nitrogens with one attached hydrogen (secondary N) is 1. The van der Waals surface area contributed by atoms with Gasteiger partial charge in [-0.05, 0) is 35.4 Å². The van der Waals surface area contributed by atoms with E-state index in [1.165, 1.54) is 18.2 Å². The lowest BCUT2D eigenvalue weighted by atomic mass is 9.92. The Balaban J connectivity index is 1.84. The quantitative estimate of drug-likeness (QED) is 0.411. The summed E-state index contributed by atoms with van der Waals surface area (Å²) in [7, 11) is 0. The number of carbonyl (C=O) groups is 1. The van der Waals surface area contributed by atoms with Gasteiger partial charge in [-0.25, -0.2) is 0 Å². The average molecular weight is 426 g/mol. The van der Waals surface area contributed by atoms with E-state index in [4.69, 9.17) is 23.2 Å². The van der Waals surface area contributed by atoms with Gasteiger partial charge in [0.15, 0.2) is 0 Å². The predicted octanol–water partition coefficient (Wildman–Crippen LogP) is 5.81. The molecule has 6 nitrogen and oxygen atoms in total. The Labute approximate surface area is 176 Å². The van der Waals surface area contributed by atoms with Gasteiger partial charge in [0, 0.05) is 22.3 Å². The van der Waals surface area contributed by atoms with Crippen LogP contribution < -0.4 is 5.32 Å². The third kappa shape index (κ3) is 4.54. The van der Waals surface area contributed by atoms with Gasteiger partial charge in [-0.15, -0.1) is 0 Å². The highest BCUT2D eigenvalue weighted by molar-refractivity contribution is 6.33. The fourth-order valence-corrected chi connectivity index (χ4v) is 3.28. The van der Waals surface area contributed by atoms with Crippen LogP contribution >= 0.6 is 23.2 Å². The minimum Gasteiger partial charge on any atom is -0.322 e. The van der Waals surface area contributed by atoms with Crippen LogP contribution in [0, 0.1) is 21.4 Å². The highest BCUT2D eigenvalue weighted by Gasteiger charge is 2.19. The molecule has 0 saturated heterocycles. The van der Waals surface area contributed by atoms with E-state index in [9.17, 15) is 20.2 Å². The minimum absolute atomic E-state index is 0.0533. The number of nitriles is 1. The van der Waals surface area contributed by atoms with Crippen molar-refractivity contribution in [1.29, 1.82) is 5.26 Å². The van der Waals surface area contributed by atoms with Crippen molar-refractivity contribution in [1.82, 2.24) is 0 Å². The summed E-state index contributed by atoms with van der Waals surface area (Å²) in [6, 6.07) is 20.1. The molecular weight excluding hydrogens is 413 g/mol. The summed E-state index contributed by atoms with van der Waals surface area (Å²) in [6.07, 6.45) is 0. The van der Waals surface area contributed by atoms with E-state index in [0.717, 1.165) is 11.6 Å². The molecule has 8 heteroatoms. The summed E-state index contributed by atoms with van der Waals surface area (Å²) in [5, 5.41) is 23.5. The van der Waals surface area contributed by atoms with Crippen molar-refractivity contribution in [2.75, 3.05) is 5.32 Å². The van der Waals surface area contributed by atoms with Crippen molar-refractivity contribution >= 4 is 40.5 Å². The van der Waals surface area contributed by atoms with Crippen LogP contribution in [0.1, 0.15) is 27.4 Å². The number of carbonyl (C=O) groups excluding carboxylic acids is 1. The Bertz CT molecular complexity index is 1130. The molecule has 1 N–H and O–H groups in total. The number of hydrogen-bond donors (Lipinski definition) is 1. The maximum atomic E-state index is 12.4. The molecule has 0 spiro atoms. The van der Waals surface area contributed by atoms with E-state index < -0.39 is 16.7 Å². The molecule has 0 heterocycles. The van der Waals surface area contributed by atoms with E-state index in [0.29, 0.717) is 16.3 Å². The van der Waals surface area contributed by atoms with Crippen molar-refractivity contribution in [3.63, 3.8) is 0 Å². The Kier molecular flexibility index (Phi) is 6.13. The molecule has 0 aromatic heterocycles. The van der Waals surface area contributed by atoms with Crippen molar-refractivity contribution < 1.29 is 9.72 Å². The molecule has 0 saturated carbocycles. The predicted molar refractivity (Wildman–Crippen MR) is 111 cm³/mol. The monoisotopic (exact) mass is 425 g/mol. The van der Waals surface area contributed by atoms with Gasteiger partial charge in [0.25, 0.3) is 11.6 Å². The molecule has 1 unspecified atom stereocenters. The second-order valence-corrected chi connectivity index (χ2v) is 6.90.